The summed E-state index contributed by atoms with van der Waals surface area (Å²) in [6.45, 7) is 11.5. The Labute approximate surface area is 310 Å². The standard InChI is InChI=1S/C40H50ClN9O2/c1-26-33-25-44-40(46-38(33)50(31-7-3-4-8-31)39(52)37(26)27(2)51)45-36-12-10-32(24-43-36)47-16-13-30(14-17-47)48-18-20-49(21-19-48)35-11-9-28(22-34(35)41)29-6-5-15-42-23-29/h9-12,22,24-25,29-31,42H,3-8,13-21,23H2,1-2H3,(H,43,44,45,46). The molecule has 0 bridgehead atoms. The van der Waals surface area contributed by atoms with Crippen LogP contribution < -0.4 is 26.0 Å². The largest absolute Gasteiger partial charge is 0.370 e. The maximum Gasteiger partial charge on any atom is 0.263 e. The fraction of sp³-hybridized carbons (Fsp3) is 0.525. The van der Waals surface area contributed by atoms with Crippen molar-refractivity contribution in [2.24, 2.45) is 0 Å². The Morgan fingerprint density at radius 2 is 1.67 bits per heavy atom. The lowest BCUT2D eigenvalue weighted by Crippen LogP contribution is -2.53. The third-order valence-electron chi connectivity index (χ3n) is 12.0. The van der Waals surface area contributed by atoms with E-state index >= 15 is 0 Å². The van der Waals surface area contributed by atoms with Crippen molar-refractivity contribution in [1.82, 2.24) is 29.7 Å². The highest BCUT2D eigenvalue weighted by molar-refractivity contribution is 6.33. The number of aromatic nitrogens is 4. The molecule has 12 heteroatoms. The molecule has 3 aliphatic heterocycles. The van der Waals surface area contributed by atoms with Crippen molar-refractivity contribution in [3.05, 3.63) is 74.8 Å². The van der Waals surface area contributed by atoms with Gasteiger partial charge in [0.15, 0.2) is 5.78 Å². The van der Waals surface area contributed by atoms with Crippen molar-refractivity contribution < 1.29 is 4.79 Å². The van der Waals surface area contributed by atoms with Gasteiger partial charge in [0.05, 0.1) is 28.2 Å². The summed E-state index contributed by atoms with van der Waals surface area (Å²) >= 11 is 6.85. The second-order valence-electron chi connectivity index (χ2n) is 15.1. The first-order valence-electron chi connectivity index (χ1n) is 19.2. The zero-order chi connectivity index (χ0) is 35.8. The maximum atomic E-state index is 13.6. The van der Waals surface area contributed by atoms with Crippen molar-refractivity contribution in [2.75, 3.05) is 67.5 Å². The number of aryl methyl sites for hydroxylation is 1. The van der Waals surface area contributed by atoms with Crippen LogP contribution in [-0.2, 0) is 0 Å². The predicted molar refractivity (Wildman–Crippen MR) is 209 cm³/mol. The number of hydrogen-bond donors (Lipinski definition) is 2. The number of carbonyl (C=O) groups is 1. The number of nitrogens with one attached hydrogen (secondary N) is 2. The van der Waals surface area contributed by atoms with Crippen molar-refractivity contribution >= 4 is 51.6 Å². The Hall–Kier alpha value is -4.06. The molecular formula is C40H50ClN9O2. The molecule has 1 aromatic carbocycles. The molecule has 3 saturated heterocycles. The van der Waals surface area contributed by atoms with E-state index in [1.54, 1.807) is 10.8 Å². The topological polar surface area (TPSA) is 112 Å². The molecule has 11 nitrogen and oxygen atoms in total. The number of Topliss-reactive ketones (excluding diaryl/α,β-unsaturated/α-hetero) is 1. The number of piperidine rings is 2. The molecule has 1 saturated carbocycles. The Morgan fingerprint density at radius 3 is 2.35 bits per heavy atom. The van der Waals surface area contributed by atoms with Crippen LogP contribution >= 0.6 is 11.6 Å². The molecule has 0 amide bonds. The highest BCUT2D eigenvalue weighted by Gasteiger charge is 2.29. The Kier molecular flexibility index (Phi) is 10.2. The minimum atomic E-state index is -0.249. The Bertz CT molecular complexity index is 1970. The Balaban J connectivity index is 0.869. The van der Waals surface area contributed by atoms with E-state index in [0.717, 1.165) is 107 Å². The van der Waals surface area contributed by atoms with Gasteiger partial charge in [-0.3, -0.25) is 19.1 Å². The smallest absolute Gasteiger partial charge is 0.263 e. The van der Waals surface area contributed by atoms with E-state index in [9.17, 15) is 9.59 Å². The number of anilines is 4. The lowest BCUT2D eigenvalue weighted by molar-refractivity contribution is 0.101. The first-order valence-corrected chi connectivity index (χ1v) is 19.6. The van der Waals surface area contributed by atoms with Gasteiger partial charge in [0, 0.05) is 69.5 Å². The van der Waals surface area contributed by atoms with Crippen LogP contribution in [0.5, 0.6) is 0 Å². The van der Waals surface area contributed by atoms with Gasteiger partial charge in [-0.1, -0.05) is 30.5 Å². The van der Waals surface area contributed by atoms with Gasteiger partial charge in [-0.05, 0) is 100 Å². The van der Waals surface area contributed by atoms with Crippen LogP contribution in [0.15, 0.2) is 47.5 Å². The maximum absolute atomic E-state index is 13.6. The van der Waals surface area contributed by atoms with E-state index < -0.39 is 0 Å². The van der Waals surface area contributed by atoms with Gasteiger partial charge in [-0.2, -0.15) is 4.98 Å². The van der Waals surface area contributed by atoms with Crippen LogP contribution in [0.2, 0.25) is 5.02 Å². The molecular weight excluding hydrogens is 674 g/mol. The number of halogens is 1. The van der Waals surface area contributed by atoms with Gasteiger partial charge in [-0.25, -0.2) is 9.97 Å². The third-order valence-corrected chi connectivity index (χ3v) is 12.3. The van der Waals surface area contributed by atoms with E-state index in [1.165, 1.54) is 31.0 Å². The summed E-state index contributed by atoms with van der Waals surface area (Å²) in [5.41, 5.74) is 4.84. The summed E-state index contributed by atoms with van der Waals surface area (Å²) in [4.78, 5) is 47.7. The molecule has 0 spiro atoms. The number of ketones is 1. The van der Waals surface area contributed by atoms with E-state index in [1.807, 2.05) is 19.2 Å². The molecule has 4 aromatic rings. The van der Waals surface area contributed by atoms with E-state index in [2.05, 4.69) is 54.6 Å². The zero-order valence-corrected chi connectivity index (χ0v) is 31.2. The van der Waals surface area contributed by atoms with Gasteiger partial charge in [-0.15, -0.1) is 0 Å². The van der Waals surface area contributed by atoms with E-state index in [0.29, 0.717) is 34.9 Å². The van der Waals surface area contributed by atoms with Crippen LogP contribution in [0, 0.1) is 6.92 Å². The monoisotopic (exact) mass is 723 g/mol. The summed E-state index contributed by atoms with van der Waals surface area (Å²) in [5, 5.41) is 8.39. The molecule has 2 N–H and O–H groups in total. The zero-order valence-electron chi connectivity index (χ0n) is 30.4. The minimum Gasteiger partial charge on any atom is -0.370 e. The fourth-order valence-corrected chi connectivity index (χ4v) is 9.37. The number of carbonyl (C=O) groups excluding carboxylic acids is 1. The van der Waals surface area contributed by atoms with Crippen molar-refractivity contribution in [1.29, 1.82) is 0 Å². The molecule has 274 valence electrons. The summed E-state index contributed by atoms with van der Waals surface area (Å²) < 4.78 is 1.74. The molecule has 1 atom stereocenters. The molecule has 4 fully saturated rings. The van der Waals surface area contributed by atoms with Crippen molar-refractivity contribution in [2.45, 2.75) is 83.2 Å². The van der Waals surface area contributed by atoms with Crippen LogP contribution in [0.3, 0.4) is 0 Å². The summed E-state index contributed by atoms with van der Waals surface area (Å²) in [6, 6.07) is 11.4. The average Bonchev–Trinajstić information content (AvgIpc) is 3.70. The van der Waals surface area contributed by atoms with E-state index in [-0.39, 0.29) is 22.9 Å². The third kappa shape index (κ3) is 7.02. The fourth-order valence-electron chi connectivity index (χ4n) is 9.06. The number of benzene rings is 1. The lowest BCUT2D eigenvalue weighted by atomic mass is 9.91. The van der Waals surface area contributed by atoms with Crippen LogP contribution in [-0.4, -0.2) is 88.6 Å². The highest BCUT2D eigenvalue weighted by atomic mass is 35.5. The van der Waals surface area contributed by atoms with Gasteiger partial charge < -0.3 is 20.4 Å². The molecule has 6 heterocycles. The predicted octanol–water partition coefficient (Wildman–Crippen LogP) is 6.47. The molecule has 0 radical (unpaired) electrons. The first kappa shape index (κ1) is 35.0. The van der Waals surface area contributed by atoms with Gasteiger partial charge in [0.25, 0.3) is 5.56 Å². The molecule has 1 unspecified atom stereocenters. The normalized spacial score (nSPS) is 20.9. The number of rotatable bonds is 8. The van der Waals surface area contributed by atoms with Crippen molar-refractivity contribution in [3.8, 4) is 0 Å². The molecule has 1 aliphatic carbocycles. The molecule has 8 rings (SSSR count). The number of fused-ring (bicyclic) bond motifs is 1. The number of hydrogen-bond acceptors (Lipinski definition) is 10. The first-order chi connectivity index (χ1) is 25.3. The lowest BCUT2D eigenvalue weighted by Gasteiger charge is -2.44. The van der Waals surface area contributed by atoms with Crippen LogP contribution in [0.4, 0.5) is 23.1 Å². The van der Waals surface area contributed by atoms with Gasteiger partial charge >= 0.3 is 0 Å². The SMILES string of the molecule is CC(=O)c1c(C)c2cnc(Nc3ccc(N4CCC(N5CCN(c6ccc(C7CCCNC7)cc6Cl)CC5)CC4)cn3)nc2n(C2CCCC2)c1=O. The molecule has 52 heavy (non-hydrogen) atoms. The second kappa shape index (κ2) is 15.1. The Morgan fingerprint density at radius 1 is 0.885 bits per heavy atom. The van der Waals surface area contributed by atoms with E-state index in [4.69, 9.17) is 21.6 Å². The number of piperazine rings is 1. The van der Waals surface area contributed by atoms with Crippen LogP contribution in [0.25, 0.3) is 11.0 Å². The minimum absolute atomic E-state index is 0.0357. The number of pyridine rings is 2. The highest BCUT2D eigenvalue weighted by Crippen LogP contribution is 2.34. The summed E-state index contributed by atoms with van der Waals surface area (Å²) in [6.07, 6.45) is 12.3. The number of nitrogens with zero attached hydrogens (tertiary/aromatic N) is 7. The summed E-state index contributed by atoms with van der Waals surface area (Å²) in [5.74, 6) is 1.37. The quantitative estimate of drug-likeness (QED) is 0.196. The van der Waals surface area contributed by atoms with Gasteiger partial charge in [0.1, 0.15) is 11.5 Å². The molecule has 4 aliphatic rings. The van der Waals surface area contributed by atoms with Crippen LogP contribution in [0.1, 0.15) is 91.7 Å². The molecule has 3 aromatic heterocycles. The second-order valence-corrected chi connectivity index (χ2v) is 15.5. The van der Waals surface area contributed by atoms with Crippen molar-refractivity contribution in [3.63, 3.8) is 0 Å². The average molecular weight is 724 g/mol. The van der Waals surface area contributed by atoms with Gasteiger partial charge in [0.2, 0.25) is 5.95 Å². The summed E-state index contributed by atoms with van der Waals surface area (Å²) in [7, 11) is 0.